The summed E-state index contributed by atoms with van der Waals surface area (Å²) < 4.78 is 7.04. The summed E-state index contributed by atoms with van der Waals surface area (Å²) in [6, 6.07) is 20.1. The van der Waals surface area contributed by atoms with Crippen molar-refractivity contribution >= 4 is 50.6 Å². The zero-order valence-corrected chi connectivity index (χ0v) is 18.7. The van der Waals surface area contributed by atoms with E-state index in [1.54, 1.807) is 23.2 Å². The number of Topliss-reactive ketones (excluding diaryl/α,β-unsaturated/α-hetero) is 1. The normalized spacial score (nSPS) is 19.6. The molecule has 2 atom stereocenters. The van der Waals surface area contributed by atoms with Gasteiger partial charge in [-0.3, -0.25) is 4.79 Å². The highest BCUT2D eigenvalue weighted by molar-refractivity contribution is 9.10. The molecule has 0 fully saturated rings. The standard InChI is InChI=1S/C23H15BrCl2N2O2/c24-15-5-1-14(2-6-15)22(29)23-28-20(18-11-17(26)9-10-21(18)30-23)12-19(27-28)13-3-7-16(25)8-4-13/h1-11,20,23H,12H2. The fraction of sp³-hybridized carbons (Fsp3) is 0.130. The molecule has 0 bridgehead atoms. The first-order valence-corrected chi connectivity index (χ1v) is 10.9. The van der Waals surface area contributed by atoms with Gasteiger partial charge in [-0.25, -0.2) is 5.01 Å². The second-order valence-electron chi connectivity index (χ2n) is 7.18. The van der Waals surface area contributed by atoms with Gasteiger partial charge in [0, 0.05) is 32.1 Å². The number of hydrogen-bond acceptors (Lipinski definition) is 4. The maximum atomic E-state index is 13.3. The number of benzene rings is 3. The third kappa shape index (κ3) is 3.51. The van der Waals surface area contributed by atoms with Crippen LogP contribution in [0.5, 0.6) is 5.75 Å². The van der Waals surface area contributed by atoms with Crippen LogP contribution in [0, 0.1) is 0 Å². The van der Waals surface area contributed by atoms with Crippen LogP contribution >= 0.6 is 39.1 Å². The van der Waals surface area contributed by atoms with Gasteiger partial charge in [-0.05, 0) is 48.0 Å². The molecule has 0 amide bonds. The van der Waals surface area contributed by atoms with Gasteiger partial charge in [-0.1, -0.05) is 63.4 Å². The molecule has 0 N–H and O–H groups in total. The van der Waals surface area contributed by atoms with Crippen LogP contribution in [0.15, 0.2) is 76.3 Å². The largest absolute Gasteiger partial charge is 0.461 e. The number of rotatable bonds is 3. The van der Waals surface area contributed by atoms with E-state index in [2.05, 4.69) is 15.9 Å². The number of hydrazone groups is 1. The molecule has 3 aromatic carbocycles. The molecule has 2 aliphatic rings. The van der Waals surface area contributed by atoms with E-state index in [1.165, 1.54) is 0 Å². The number of halogens is 3. The van der Waals surface area contributed by atoms with Gasteiger partial charge in [0.1, 0.15) is 5.75 Å². The van der Waals surface area contributed by atoms with E-state index in [1.807, 2.05) is 48.5 Å². The van der Waals surface area contributed by atoms with Gasteiger partial charge in [0.2, 0.25) is 5.78 Å². The van der Waals surface area contributed by atoms with Crippen LogP contribution in [-0.2, 0) is 0 Å². The predicted octanol–water partition coefficient (Wildman–Crippen LogP) is 6.51. The summed E-state index contributed by atoms with van der Waals surface area (Å²) in [5.41, 5.74) is 3.33. The lowest BCUT2D eigenvalue weighted by Crippen LogP contribution is -2.45. The Hall–Kier alpha value is -2.34. The molecule has 2 heterocycles. The smallest absolute Gasteiger partial charge is 0.251 e. The summed E-state index contributed by atoms with van der Waals surface area (Å²) in [6.45, 7) is 0. The number of hydrogen-bond donors (Lipinski definition) is 0. The van der Waals surface area contributed by atoms with E-state index in [4.69, 9.17) is 33.0 Å². The molecule has 3 aromatic rings. The van der Waals surface area contributed by atoms with Crippen LogP contribution < -0.4 is 4.74 Å². The van der Waals surface area contributed by atoms with E-state index >= 15 is 0 Å². The second kappa shape index (κ2) is 7.73. The van der Waals surface area contributed by atoms with Crippen LogP contribution in [0.25, 0.3) is 0 Å². The molecule has 4 nitrogen and oxygen atoms in total. The summed E-state index contributed by atoms with van der Waals surface area (Å²) in [4.78, 5) is 13.3. The van der Waals surface area contributed by atoms with Crippen LogP contribution in [0.4, 0.5) is 0 Å². The lowest BCUT2D eigenvalue weighted by Gasteiger charge is -2.37. The minimum Gasteiger partial charge on any atom is -0.461 e. The maximum Gasteiger partial charge on any atom is 0.251 e. The lowest BCUT2D eigenvalue weighted by molar-refractivity contribution is -0.00455. The number of fused-ring (bicyclic) bond motifs is 3. The molecule has 7 heteroatoms. The van der Waals surface area contributed by atoms with Crippen LogP contribution in [0.2, 0.25) is 10.0 Å². The Kier molecular flexibility index (Phi) is 5.05. The van der Waals surface area contributed by atoms with Gasteiger partial charge in [0.05, 0.1) is 11.8 Å². The third-order valence-electron chi connectivity index (χ3n) is 5.28. The van der Waals surface area contributed by atoms with Crippen molar-refractivity contribution in [2.24, 2.45) is 5.10 Å². The summed E-state index contributed by atoms with van der Waals surface area (Å²) in [6.07, 6.45) is -0.211. The Morgan fingerprint density at radius 2 is 1.70 bits per heavy atom. The van der Waals surface area contributed by atoms with Crippen molar-refractivity contribution in [1.29, 1.82) is 0 Å². The SMILES string of the molecule is O=C(c1ccc(Br)cc1)C1Oc2ccc(Cl)cc2C2CC(c3ccc(Cl)cc3)=NN12. The van der Waals surface area contributed by atoms with Gasteiger partial charge in [0.15, 0.2) is 0 Å². The summed E-state index contributed by atoms with van der Waals surface area (Å²) in [5, 5.41) is 7.84. The molecule has 2 aliphatic heterocycles. The Balaban J connectivity index is 1.57. The average molecular weight is 502 g/mol. The summed E-state index contributed by atoms with van der Waals surface area (Å²) in [7, 11) is 0. The Morgan fingerprint density at radius 1 is 1.00 bits per heavy atom. The highest BCUT2D eigenvalue weighted by Gasteiger charge is 2.43. The molecule has 0 aliphatic carbocycles. The molecule has 0 saturated carbocycles. The van der Waals surface area contributed by atoms with E-state index in [9.17, 15) is 4.79 Å². The number of nitrogens with zero attached hydrogens (tertiary/aromatic N) is 2. The van der Waals surface area contributed by atoms with Gasteiger partial charge in [0.25, 0.3) is 6.23 Å². The van der Waals surface area contributed by atoms with E-state index in [0.717, 1.165) is 21.3 Å². The number of ether oxygens (including phenoxy) is 1. The minimum atomic E-state index is -0.852. The Labute approximate surface area is 192 Å². The fourth-order valence-electron chi connectivity index (χ4n) is 3.80. The van der Waals surface area contributed by atoms with Crippen LogP contribution in [0.3, 0.4) is 0 Å². The average Bonchev–Trinajstić information content (AvgIpc) is 3.19. The maximum absolute atomic E-state index is 13.3. The van der Waals surface area contributed by atoms with Gasteiger partial charge in [-0.15, -0.1) is 0 Å². The highest BCUT2D eigenvalue weighted by Crippen LogP contribution is 2.44. The molecule has 2 unspecified atom stereocenters. The van der Waals surface area contributed by atoms with E-state index in [0.29, 0.717) is 27.8 Å². The van der Waals surface area contributed by atoms with E-state index < -0.39 is 6.23 Å². The first kappa shape index (κ1) is 19.6. The first-order valence-electron chi connectivity index (χ1n) is 9.37. The molecule has 0 aromatic heterocycles. The molecule has 30 heavy (non-hydrogen) atoms. The molecule has 150 valence electrons. The predicted molar refractivity (Wildman–Crippen MR) is 122 cm³/mol. The van der Waals surface area contributed by atoms with Crippen molar-refractivity contribution < 1.29 is 9.53 Å². The number of carbonyl (C=O) groups is 1. The molecular formula is C23H15BrCl2N2O2. The number of carbonyl (C=O) groups excluding carboxylic acids is 1. The van der Waals surface area contributed by atoms with Crippen molar-refractivity contribution in [1.82, 2.24) is 5.01 Å². The quantitative estimate of drug-likeness (QED) is 0.384. The molecule has 0 spiro atoms. The first-order chi connectivity index (χ1) is 14.5. The highest BCUT2D eigenvalue weighted by atomic mass is 79.9. The third-order valence-corrected chi connectivity index (χ3v) is 6.30. The molecule has 0 saturated heterocycles. The van der Waals surface area contributed by atoms with Crippen molar-refractivity contribution in [2.45, 2.75) is 18.7 Å². The van der Waals surface area contributed by atoms with Crippen molar-refractivity contribution in [3.8, 4) is 5.75 Å². The van der Waals surface area contributed by atoms with Crippen molar-refractivity contribution in [2.75, 3.05) is 0 Å². The zero-order valence-electron chi connectivity index (χ0n) is 15.6. The van der Waals surface area contributed by atoms with Crippen molar-refractivity contribution in [3.63, 3.8) is 0 Å². The summed E-state index contributed by atoms with van der Waals surface area (Å²) >= 11 is 15.7. The monoisotopic (exact) mass is 500 g/mol. The molecule has 0 radical (unpaired) electrons. The molecular weight excluding hydrogens is 487 g/mol. The van der Waals surface area contributed by atoms with Gasteiger partial charge in [-0.2, -0.15) is 5.10 Å². The topological polar surface area (TPSA) is 41.9 Å². The number of ketones is 1. The van der Waals surface area contributed by atoms with Crippen LogP contribution in [0.1, 0.15) is 33.9 Å². The molecule has 5 rings (SSSR count). The minimum absolute atomic E-state index is 0.137. The van der Waals surface area contributed by atoms with Crippen LogP contribution in [-0.4, -0.2) is 22.7 Å². The Morgan fingerprint density at radius 3 is 2.43 bits per heavy atom. The zero-order chi connectivity index (χ0) is 20.8. The van der Waals surface area contributed by atoms with Gasteiger partial charge < -0.3 is 4.74 Å². The summed E-state index contributed by atoms with van der Waals surface area (Å²) in [5.74, 6) is 0.512. The fourth-order valence-corrected chi connectivity index (χ4v) is 4.38. The van der Waals surface area contributed by atoms with E-state index in [-0.39, 0.29) is 11.8 Å². The lowest BCUT2D eigenvalue weighted by atomic mass is 9.96. The van der Waals surface area contributed by atoms with Crippen molar-refractivity contribution in [3.05, 3.63) is 97.9 Å². The second-order valence-corrected chi connectivity index (χ2v) is 8.97. The van der Waals surface area contributed by atoms with Gasteiger partial charge >= 0.3 is 0 Å². The Bertz CT molecular complexity index is 1160.